The Morgan fingerprint density at radius 1 is 1.25 bits per heavy atom. The van der Waals surface area contributed by atoms with Gasteiger partial charge in [-0.1, -0.05) is 56.3 Å². The molecule has 1 fully saturated rings. The number of methoxy groups -OCH3 is 1. The molecular formula is C24H31NO3. The fraction of sp³-hybridized carbons (Fsp3) is 0.458. The van der Waals surface area contributed by atoms with Gasteiger partial charge >= 0.3 is 5.97 Å². The Labute approximate surface area is 168 Å². The summed E-state index contributed by atoms with van der Waals surface area (Å²) in [4.78, 5) is 14.8. The number of nitrogens with zero attached hydrogens (tertiary/aromatic N) is 1. The molecule has 0 aliphatic carbocycles. The van der Waals surface area contributed by atoms with Crippen LogP contribution in [0.2, 0.25) is 0 Å². The monoisotopic (exact) mass is 381 g/mol. The Bertz CT molecular complexity index is 791. The molecule has 0 radical (unpaired) electrons. The molecule has 4 nitrogen and oxygen atoms in total. The third-order valence-electron chi connectivity index (χ3n) is 6.41. The fourth-order valence-electron chi connectivity index (χ4n) is 4.37. The predicted molar refractivity (Wildman–Crippen MR) is 111 cm³/mol. The number of likely N-dealkylation sites (tertiary alicyclic amines) is 1. The number of aromatic hydroxyl groups is 1. The van der Waals surface area contributed by atoms with Crippen LogP contribution in [-0.4, -0.2) is 42.7 Å². The summed E-state index contributed by atoms with van der Waals surface area (Å²) in [6.07, 6.45) is 1.69. The van der Waals surface area contributed by atoms with E-state index in [9.17, 15) is 9.90 Å². The third-order valence-corrected chi connectivity index (χ3v) is 6.41. The van der Waals surface area contributed by atoms with Gasteiger partial charge in [0, 0.05) is 13.1 Å². The second kappa shape index (κ2) is 8.78. The lowest BCUT2D eigenvalue weighted by atomic mass is 9.68. The van der Waals surface area contributed by atoms with Crippen LogP contribution in [0.4, 0.5) is 0 Å². The van der Waals surface area contributed by atoms with Gasteiger partial charge in [0.1, 0.15) is 5.75 Å². The molecule has 1 unspecified atom stereocenters. The van der Waals surface area contributed by atoms with Crippen LogP contribution in [0.3, 0.4) is 0 Å². The number of carbonyl (C=O) groups excluding carboxylic acids is 1. The van der Waals surface area contributed by atoms with Crippen LogP contribution in [-0.2, 0) is 21.4 Å². The Hall–Kier alpha value is -2.33. The highest BCUT2D eigenvalue weighted by Gasteiger charge is 2.39. The van der Waals surface area contributed by atoms with Gasteiger partial charge in [0.25, 0.3) is 0 Å². The molecule has 0 aromatic heterocycles. The molecule has 1 saturated heterocycles. The molecule has 1 heterocycles. The van der Waals surface area contributed by atoms with Crippen molar-refractivity contribution in [3.63, 3.8) is 0 Å². The number of esters is 1. The zero-order valence-electron chi connectivity index (χ0n) is 17.1. The SMILES string of the molecule is COC(=O)[C@@H](Cc1ccccc1)CN1CC[C@@](C)(c2cccc(O)c2)C(C)C1. The number of benzene rings is 2. The van der Waals surface area contributed by atoms with E-state index < -0.39 is 0 Å². The summed E-state index contributed by atoms with van der Waals surface area (Å²) in [7, 11) is 1.47. The van der Waals surface area contributed by atoms with Crippen molar-refractivity contribution < 1.29 is 14.6 Å². The summed E-state index contributed by atoms with van der Waals surface area (Å²) in [5, 5.41) is 9.88. The molecule has 0 amide bonds. The molecule has 0 bridgehead atoms. The molecular weight excluding hydrogens is 350 g/mol. The van der Waals surface area contributed by atoms with Gasteiger partial charge in [-0.3, -0.25) is 4.79 Å². The number of piperidine rings is 1. The van der Waals surface area contributed by atoms with Gasteiger partial charge < -0.3 is 14.7 Å². The molecule has 3 atom stereocenters. The summed E-state index contributed by atoms with van der Waals surface area (Å²) in [6.45, 7) is 7.11. The van der Waals surface area contributed by atoms with Crippen LogP contribution < -0.4 is 0 Å². The van der Waals surface area contributed by atoms with E-state index >= 15 is 0 Å². The first kappa shape index (κ1) is 20.4. The number of phenolic OH excluding ortho intramolecular Hbond substituents is 1. The second-order valence-electron chi connectivity index (χ2n) is 8.29. The van der Waals surface area contributed by atoms with Crippen molar-refractivity contribution in [2.24, 2.45) is 11.8 Å². The Balaban J connectivity index is 1.68. The van der Waals surface area contributed by atoms with Crippen LogP contribution in [0.25, 0.3) is 0 Å². The lowest BCUT2D eigenvalue weighted by Gasteiger charge is -2.45. The lowest BCUT2D eigenvalue weighted by molar-refractivity contribution is -0.146. The van der Waals surface area contributed by atoms with Crippen molar-refractivity contribution in [1.29, 1.82) is 0 Å². The van der Waals surface area contributed by atoms with Crippen molar-refractivity contribution >= 4 is 5.97 Å². The van der Waals surface area contributed by atoms with Crippen LogP contribution >= 0.6 is 0 Å². The van der Waals surface area contributed by atoms with E-state index in [-0.39, 0.29) is 17.3 Å². The largest absolute Gasteiger partial charge is 0.508 e. The molecule has 28 heavy (non-hydrogen) atoms. The number of ether oxygens (including phenoxy) is 1. The Morgan fingerprint density at radius 3 is 2.64 bits per heavy atom. The minimum atomic E-state index is -0.162. The maximum Gasteiger partial charge on any atom is 0.310 e. The van der Waals surface area contributed by atoms with E-state index in [0.29, 0.717) is 24.6 Å². The van der Waals surface area contributed by atoms with E-state index in [0.717, 1.165) is 25.1 Å². The van der Waals surface area contributed by atoms with Crippen molar-refractivity contribution in [3.8, 4) is 5.75 Å². The summed E-state index contributed by atoms with van der Waals surface area (Å²) in [5.41, 5.74) is 2.37. The number of carbonyl (C=O) groups is 1. The fourth-order valence-corrected chi connectivity index (χ4v) is 4.37. The molecule has 0 saturated carbocycles. The molecule has 2 aromatic rings. The lowest BCUT2D eigenvalue weighted by Crippen LogP contribution is -2.49. The van der Waals surface area contributed by atoms with Gasteiger partial charge in [0.2, 0.25) is 0 Å². The van der Waals surface area contributed by atoms with E-state index in [1.54, 1.807) is 6.07 Å². The first-order valence-corrected chi connectivity index (χ1v) is 10.1. The zero-order valence-corrected chi connectivity index (χ0v) is 17.1. The number of hydrogen-bond donors (Lipinski definition) is 1. The zero-order chi connectivity index (χ0) is 20.1. The summed E-state index contributed by atoms with van der Waals surface area (Å²) in [5.74, 6) is 0.433. The van der Waals surface area contributed by atoms with E-state index in [1.165, 1.54) is 12.7 Å². The highest BCUT2D eigenvalue weighted by atomic mass is 16.5. The maximum atomic E-state index is 12.4. The summed E-state index contributed by atoms with van der Waals surface area (Å²) in [6, 6.07) is 17.8. The van der Waals surface area contributed by atoms with Gasteiger partial charge in [-0.05, 0) is 54.0 Å². The van der Waals surface area contributed by atoms with Gasteiger partial charge in [0.05, 0.1) is 13.0 Å². The molecule has 1 aliphatic heterocycles. The van der Waals surface area contributed by atoms with E-state index in [4.69, 9.17) is 4.74 Å². The van der Waals surface area contributed by atoms with E-state index in [2.05, 4.69) is 36.9 Å². The van der Waals surface area contributed by atoms with Crippen molar-refractivity contribution in [2.75, 3.05) is 26.7 Å². The normalized spacial score (nSPS) is 23.9. The summed E-state index contributed by atoms with van der Waals surface area (Å²) < 4.78 is 5.08. The molecule has 1 aliphatic rings. The average molecular weight is 382 g/mol. The van der Waals surface area contributed by atoms with Gasteiger partial charge in [-0.25, -0.2) is 0 Å². The number of phenols is 1. The van der Waals surface area contributed by atoms with Crippen LogP contribution in [0, 0.1) is 11.8 Å². The quantitative estimate of drug-likeness (QED) is 0.768. The maximum absolute atomic E-state index is 12.4. The first-order valence-electron chi connectivity index (χ1n) is 10.1. The van der Waals surface area contributed by atoms with Gasteiger partial charge in [-0.2, -0.15) is 0 Å². The summed E-state index contributed by atoms with van der Waals surface area (Å²) >= 11 is 0. The van der Waals surface area contributed by atoms with Crippen LogP contribution in [0.1, 0.15) is 31.4 Å². The van der Waals surface area contributed by atoms with Gasteiger partial charge in [-0.15, -0.1) is 0 Å². The highest BCUT2D eigenvalue weighted by Crippen LogP contribution is 2.40. The van der Waals surface area contributed by atoms with E-state index in [1.807, 2.05) is 30.3 Å². The van der Waals surface area contributed by atoms with Crippen LogP contribution in [0.5, 0.6) is 5.75 Å². The minimum Gasteiger partial charge on any atom is -0.508 e. The molecule has 0 spiro atoms. The van der Waals surface area contributed by atoms with Crippen LogP contribution in [0.15, 0.2) is 54.6 Å². The molecule has 2 aromatic carbocycles. The smallest absolute Gasteiger partial charge is 0.310 e. The van der Waals surface area contributed by atoms with Crippen molar-refractivity contribution in [2.45, 2.75) is 32.1 Å². The van der Waals surface area contributed by atoms with Gasteiger partial charge in [0.15, 0.2) is 0 Å². The van der Waals surface area contributed by atoms with Crippen molar-refractivity contribution in [3.05, 3.63) is 65.7 Å². The number of hydrogen-bond acceptors (Lipinski definition) is 4. The second-order valence-corrected chi connectivity index (χ2v) is 8.29. The minimum absolute atomic E-state index is 0.0232. The standard InChI is InChI=1S/C24H31NO3/c1-18-16-25(13-12-24(18,2)21-10-7-11-22(26)15-21)17-20(23(27)28-3)14-19-8-5-4-6-9-19/h4-11,15,18,20,26H,12-14,16-17H2,1-3H3/t18?,20-,24+/m0/s1. The number of rotatable bonds is 6. The predicted octanol–water partition coefficient (Wildman–Crippen LogP) is 4.02. The Kier molecular flexibility index (Phi) is 6.40. The topological polar surface area (TPSA) is 49.8 Å². The highest BCUT2D eigenvalue weighted by molar-refractivity contribution is 5.73. The molecule has 1 N–H and O–H groups in total. The molecule has 150 valence electrons. The third kappa shape index (κ3) is 4.56. The average Bonchev–Trinajstić information content (AvgIpc) is 2.70. The Morgan fingerprint density at radius 2 is 2.00 bits per heavy atom. The van der Waals surface area contributed by atoms with Crippen molar-refractivity contribution in [1.82, 2.24) is 4.90 Å². The molecule has 4 heteroatoms. The molecule has 3 rings (SSSR count). The first-order chi connectivity index (χ1) is 13.4.